The molecule has 1 aliphatic heterocycles. The zero-order chi connectivity index (χ0) is 14.1. The first-order valence-electron chi connectivity index (χ1n) is 7.04. The number of hydrogen-bond donors (Lipinski definition) is 1. The fourth-order valence-corrected chi connectivity index (χ4v) is 2.91. The Hall–Kier alpha value is -1.94. The lowest BCUT2D eigenvalue weighted by Gasteiger charge is -2.34. The molecule has 1 aromatic carbocycles. The van der Waals surface area contributed by atoms with Gasteiger partial charge in [0.2, 0.25) is 0 Å². The summed E-state index contributed by atoms with van der Waals surface area (Å²) >= 11 is 0. The van der Waals surface area contributed by atoms with Gasteiger partial charge in [0.05, 0.1) is 5.52 Å². The fourth-order valence-electron chi connectivity index (χ4n) is 2.91. The molecule has 0 radical (unpaired) electrons. The van der Waals surface area contributed by atoms with Crippen molar-refractivity contribution in [2.24, 2.45) is 11.7 Å². The van der Waals surface area contributed by atoms with Crippen molar-refractivity contribution < 1.29 is 4.79 Å². The van der Waals surface area contributed by atoms with Crippen LogP contribution in [0.3, 0.4) is 0 Å². The minimum Gasteiger partial charge on any atom is -0.335 e. The molecule has 2 unspecified atom stereocenters. The number of piperidine rings is 1. The molecule has 4 nitrogen and oxygen atoms in total. The normalized spacial score (nSPS) is 23.0. The van der Waals surface area contributed by atoms with Crippen LogP contribution in [0, 0.1) is 5.92 Å². The molecule has 20 heavy (non-hydrogen) atoms. The number of fused-ring (bicyclic) bond motifs is 1. The van der Waals surface area contributed by atoms with E-state index in [0.717, 1.165) is 23.9 Å². The van der Waals surface area contributed by atoms with Crippen LogP contribution in [0.1, 0.15) is 23.8 Å². The second-order valence-corrected chi connectivity index (χ2v) is 5.70. The van der Waals surface area contributed by atoms with E-state index in [1.165, 1.54) is 0 Å². The molecule has 0 spiro atoms. The van der Waals surface area contributed by atoms with Gasteiger partial charge in [-0.1, -0.05) is 31.2 Å². The van der Waals surface area contributed by atoms with E-state index < -0.39 is 0 Å². The number of carbonyl (C=O) groups excluding carboxylic acids is 1. The first-order chi connectivity index (χ1) is 9.63. The SMILES string of the molecule is CC1CC(N)CN(C(=O)c2ccc3ccccc3n2)C1. The van der Waals surface area contributed by atoms with E-state index in [2.05, 4.69) is 11.9 Å². The second kappa shape index (κ2) is 5.21. The smallest absolute Gasteiger partial charge is 0.272 e. The van der Waals surface area contributed by atoms with Crippen molar-refractivity contribution in [3.05, 3.63) is 42.1 Å². The van der Waals surface area contributed by atoms with E-state index in [-0.39, 0.29) is 11.9 Å². The van der Waals surface area contributed by atoms with Gasteiger partial charge in [-0.15, -0.1) is 0 Å². The highest BCUT2D eigenvalue weighted by atomic mass is 16.2. The van der Waals surface area contributed by atoms with Crippen LogP contribution >= 0.6 is 0 Å². The molecule has 2 heterocycles. The van der Waals surface area contributed by atoms with Gasteiger partial charge in [0, 0.05) is 24.5 Å². The van der Waals surface area contributed by atoms with Crippen molar-refractivity contribution in [2.45, 2.75) is 19.4 Å². The molecular formula is C16H19N3O. The monoisotopic (exact) mass is 269 g/mol. The average molecular weight is 269 g/mol. The minimum atomic E-state index is -0.0160. The van der Waals surface area contributed by atoms with Crippen molar-refractivity contribution in [1.29, 1.82) is 0 Å². The van der Waals surface area contributed by atoms with Crippen molar-refractivity contribution in [3.63, 3.8) is 0 Å². The number of rotatable bonds is 1. The highest BCUT2D eigenvalue weighted by Crippen LogP contribution is 2.18. The Labute approximate surface area is 118 Å². The third kappa shape index (κ3) is 2.51. The maximum atomic E-state index is 12.5. The predicted molar refractivity (Wildman–Crippen MR) is 79.4 cm³/mol. The number of hydrogen-bond acceptors (Lipinski definition) is 3. The van der Waals surface area contributed by atoms with E-state index in [4.69, 9.17) is 5.73 Å². The molecule has 2 aromatic rings. The van der Waals surface area contributed by atoms with Gasteiger partial charge < -0.3 is 10.6 Å². The van der Waals surface area contributed by atoms with Gasteiger partial charge in [0.25, 0.3) is 5.91 Å². The summed E-state index contributed by atoms with van der Waals surface area (Å²) in [7, 11) is 0. The van der Waals surface area contributed by atoms with Crippen LogP contribution in [-0.2, 0) is 0 Å². The molecule has 1 fully saturated rings. The first-order valence-corrected chi connectivity index (χ1v) is 7.04. The molecule has 3 rings (SSSR count). The Morgan fingerprint density at radius 1 is 1.25 bits per heavy atom. The van der Waals surface area contributed by atoms with E-state index >= 15 is 0 Å². The lowest BCUT2D eigenvalue weighted by Crippen LogP contribution is -2.49. The highest BCUT2D eigenvalue weighted by Gasteiger charge is 2.27. The number of nitrogens with two attached hydrogens (primary N) is 1. The van der Waals surface area contributed by atoms with Crippen LogP contribution < -0.4 is 5.73 Å². The molecule has 0 saturated carbocycles. The van der Waals surface area contributed by atoms with Crippen molar-refractivity contribution in [3.8, 4) is 0 Å². The maximum absolute atomic E-state index is 12.5. The minimum absolute atomic E-state index is 0.0160. The molecule has 104 valence electrons. The molecule has 1 saturated heterocycles. The summed E-state index contributed by atoms with van der Waals surface area (Å²) in [6.45, 7) is 3.52. The number of likely N-dealkylation sites (tertiary alicyclic amines) is 1. The van der Waals surface area contributed by atoms with Gasteiger partial charge in [-0.2, -0.15) is 0 Å². The summed E-state index contributed by atoms with van der Waals surface area (Å²) in [6, 6.07) is 11.6. The quantitative estimate of drug-likeness (QED) is 0.862. The number of para-hydroxylation sites is 1. The van der Waals surface area contributed by atoms with Crippen LogP contribution in [-0.4, -0.2) is 34.9 Å². The third-order valence-corrected chi connectivity index (χ3v) is 3.80. The number of nitrogens with zero attached hydrogens (tertiary/aromatic N) is 2. The lowest BCUT2D eigenvalue weighted by atomic mass is 9.96. The number of pyridine rings is 1. The zero-order valence-electron chi connectivity index (χ0n) is 11.6. The molecule has 2 N–H and O–H groups in total. The molecule has 2 atom stereocenters. The molecule has 0 aliphatic carbocycles. The highest BCUT2D eigenvalue weighted by molar-refractivity contribution is 5.95. The predicted octanol–water partition coefficient (Wildman–Crippen LogP) is 2.04. The average Bonchev–Trinajstić information content (AvgIpc) is 2.45. The lowest BCUT2D eigenvalue weighted by molar-refractivity contribution is 0.0655. The van der Waals surface area contributed by atoms with Gasteiger partial charge in [-0.05, 0) is 24.5 Å². The van der Waals surface area contributed by atoms with Gasteiger partial charge in [-0.25, -0.2) is 4.98 Å². The Morgan fingerprint density at radius 3 is 2.85 bits per heavy atom. The Balaban J connectivity index is 1.88. The number of carbonyl (C=O) groups is 1. The van der Waals surface area contributed by atoms with Crippen molar-refractivity contribution >= 4 is 16.8 Å². The van der Waals surface area contributed by atoms with E-state index in [1.54, 1.807) is 6.07 Å². The second-order valence-electron chi connectivity index (χ2n) is 5.70. The number of benzene rings is 1. The maximum Gasteiger partial charge on any atom is 0.272 e. The Bertz CT molecular complexity index is 630. The van der Waals surface area contributed by atoms with Crippen LogP contribution in [0.5, 0.6) is 0 Å². The van der Waals surface area contributed by atoms with Crippen molar-refractivity contribution in [1.82, 2.24) is 9.88 Å². The summed E-state index contributed by atoms with van der Waals surface area (Å²) in [4.78, 5) is 18.8. The van der Waals surface area contributed by atoms with Gasteiger partial charge in [0.15, 0.2) is 0 Å². The zero-order valence-corrected chi connectivity index (χ0v) is 11.6. The van der Waals surface area contributed by atoms with Crippen molar-refractivity contribution in [2.75, 3.05) is 13.1 Å². The largest absolute Gasteiger partial charge is 0.335 e. The summed E-state index contributed by atoms with van der Waals surface area (Å²) in [5.74, 6) is 0.431. The van der Waals surface area contributed by atoms with E-state index in [9.17, 15) is 4.79 Å². The number of aromatic nitrogens is 1. The number of amides is 1. The van der Waals surface area contributed by atoms with Crippen LogP contribution in [0.2, 0.25) is 0 Å². The fraction of sp³-hybridized carbons (Fsp3) is 0.375. The Kier molecular flexibility index (Phi) is 3.40. The van der Waals surface area contributed by atoms with E-state index in [0.29, 0.717) is 18.2 Å². The van der Waals surface area contributed by atoms with Gasteiger partial charge in [-0.3, -0.25) is 4.79 Å². The topological polar surface area (TPSA) is 59.2 Å². The van der Waals surface area contributed by atoms with Gasteiger partial charge in [0.1, 0.15) is 5.69 Å². The van der Waals surface area contributed by atoms with Crippen LogP contribution in [0.4, 0.5) is 0 Å². The summed E-state index contributed by atoms with van der Waals surface area (Å²) in [5.41, 5.74) is 7.37. The van der Waals surface area contributed by atoms with Crippen LogP contribution in [0.15, 0.2) is 36.4 Å². The third-order valence-electron chi connectivity index (χ3n) is 3.80. The molecular weight excluding hydrogens is 250 g/mol. The molecule has 1 aromatic heterocycles. The standard InChI is InChI=1S/C16H19N3O/c1-11-8-13(17)10-19(9-11)16(20)15-7-6-12-4-2-3-5-14(12)18-15/h2-7,11,13H,8-10,17H2,1H3. The molecule has 1 aliphatic rings. The molecule has 4 heteroatoms. The first kappa shape index (κ1) is 13.1. The van der Waals surface area contributed by atoms with Gasteiger partial charge >= 0.3 is 0 Å². The summed E-state index contributed by atoms with van der Waals surface area (Å²) < 4.78 is 0. The molecule has 1 amide bonds. The van der Waals surface area contributed by atoms with E-state index in [1.807, 2.05) is 35.2 Å². The molecule has 0 bridgehead atoms. The summed E-state index contributed by atoms with van der Waals surface area (Å²) in [6.07, 6.45) is 0.981. The van der Waals surface area contributed by atoms with Crippen LogP contribution in [0.25, 0.3) is 10.9 Å². The summed E-state index contributed by atoms with van der Waals surface area (Å²) in [5, 5.41) is 1.05. The Morgan fingerprint density at radius 2 is 2.05 bits per heavy atom.